The van der Waals surface area contributed by atoms with Crippen molar-refractivity contribution in [1.82, 2.24) is 0 Å². The maximum Gasteiger partial charge on any atom is 0.0467 e. The minimum absolute atomic E-state index is 0.564. The fourth-order valence-electron chi connectivity index (χ4n) is 2.54. The van der Waals surface area contributed by atoms with E-state index in [9.17, 15) is 0 Å². The summed E-state index contributed by atoms with van der Waals surface area (Å²) in [5.74, 6) is 0. The largest absolute Gasteiger partial charge is 0.341 e. The van der Waals surface area contributed by atoms with Gasteiger partial charge in [-0.2, -0.15) is 0 Å². The fraction of sp³-hybridized carbons (Fsp3) is 0.294. The minimum Gasteiger partial charge on any atom is -0.341 e. The summed E-state index contributed by atoms with van der Waals surface area (Å²) >= 11 is 1.75. The normalized spacial score (nSPS) is 10.6. The van der Waals surface area contributed by atoms with Crippen molar-refractivity contribution in [3.8, 4) is 0 Å². The molecule has 2 rings (SSSR count). The Balaban J connectivity index is 2.55. The zero-order chi connectivity index (χ0) is 14.5. The summed E-state index contributed by atoms with van der Waals surface area (Å²) in [6.07, 6.45) is 2.10. The van der Waals surface area contributed by atoms with Crippen molar-refractivity contribution >= 4 is 23.1 Å². The Morgan fingerprint density at radius 3 is 2.35 bits per heavy atom. The number of aryl methyl sites for hydroxylation is 1. The maximum absolute atomic E-state index is 6.00. The number of hydrogen-bond donors (Lipinski definition) is 1. The van der Waals surface area contributed by atoms with E-state index in [2.05, 4.69) is 67.5 Å². The van der Waals surface area contributed by atoms with E-state index < -0.39 is 0 Å². The van der Waals surface area contributed by atoms with Gasteiger partial charge in [0.25, 0.3) is 0 Å². The summed E-state index contributed by atoms with van der Waals surface area (Å²) < 4.78 is 0. The Labute approximate surface area is 126 Å². The molecule has 0 atom stereocenters. The van der Waals surface area contributed by atoms with Gasteiger partial charge >= 0.3 is 0 Å². The van der Waals surface area contributed by atoms with Crippen LogP contribution in [0.4, 0.5) is 11.4 Å². The number of anilines is 2. The number of para-hydroxylation sites is 1. The Bertz CT molecular complexity index is 581. The third kappa shape index (κ3) is 2.84. The predicted octanol–water partition coefficient (Wildman–Crippen LogP) is 4.33. The molecule has 0 aromatic heterocycles. The first-order valence-corrected chi connectivity index (χ1v) is 8.14. The van der Waals surface area contributed by atoms with Gasteiger partial charge in [0.2, 0.25) is 0 Å². The number of benzene rings is 2. The summed E-state index contributed by atoms with van der Waals surface area (Å²) in [7, 11) is 0. The molecule has 106 valence electrons. The van der Waals surface area contributed by atoms with Crippen LogP contribution in [0.25, 0.3) is 0 Å². The van der Waals surface area contributed by atoms with Gasteiger partial charge in [0.1, 0.15) is 0 Å². The molecule has 2 N–H and O–H groups in total. The van der Waals surface area contributed by atoms with E-state index >= 15 is 0 Å². The number of hydrogen-bond acceptors (Lipinski definition) is 3. The maximum atomic E-state index is 6.00. The van der Waals surface area contributed by atoms with E-state index in [4.69, 9.17) is 5.73 Å². The van der Waals surface area contributed by atoms with Crippen LogP contribution < -0.4 is 10.6 Å². The van der Waals surface area contributed by atoms with Crippen LogP contribution in [0.5, 0.6) is 0 Å². The lowest BCUT2D eigenvalue weighted by atomic mass is 10.1. The van der Waals surface area contributed by atoms with Crippen molar-refractivity contribution in [3.63, 3.8) is 0 Å². The van der Waals surface area contributed by atoms with Crippen LogP contribution in [0.1, 0.15) is 18.1 Å². The van der Waals surface area contributed by atoms with Gasteiger partial charge in [-0.25, -0.2) is 0 Å². The zero-order valence-electron chi connectivity index (χ0n) is 12.4. The first-order valence-electron chi connectivity index (χ1n) is 6.92. The van der Waals surface area contributed by atoms with Crippen LogP contribution in [0.2, 0.25) is 0 Å². The molecule has 2 aromatic rings. The summed E-state index contributed by atoms with van der Waals surface area (Å²) in [6.45, 7) is 5.82. The van der Waals surface area contributed by atoms with Crippen LogP contribution in [0, 0.1) is 6.92 Å². The fourth-order valence-corrected chi connectivity index (χ4v) is 3.19. The summed E-state index contributed by atoms with van der Waals surface area (Å²) in [5, 5.41) is 0. The van der Waals surface area contributed by atoms with Crippen LogP contribution in [0.3, 0.4) is 0 Å². The molecule has 20 heavy (non-hydrogen) atoms. The Hall–Kier alpha value is -1.45. The molecule has 0 saturated carbocycles. The highest BCUT2D eigenvalue weighted by atomic mass is 32.2. The molecule has 0 aliphatic heterocycles. The molecule has 0 saturated heterocycles. The molecule has 0 heterocycles. The predicted molar refractivity (Wildman–Crippen MR) is 90.0 cm³/mol. The second-order valence-corrected chi connectivity index (χ2v) is 5.54. The van der Waals surface area contributed by atoms with E-state index in [1.807, 2.05) is 0 Å². The molecular weight excluding hydrogens is 264 g/mol. The van der Waals surface area contributed by atoms with Crippen molar-refractivity contribution in [2.24, 2.45) is 5.73 Å². The van der Waals surface area contributed by atoms with Crippen LogP contribution in [-0.4, -0.2) is 12.8 Å². The lowest BCUT2D eigenvalue weighted by molar-refractivity contribution is 0.958. The van der Waals surface area contributed by atoms with Crippen molar-refractivity contribution in [2.45, 2.75) is 25.3 Å². The lowest BCUT2D eigenvalue weighted by Crippen LogP contribution is -2.20. The summed E-state index contributed by atoms with van der Waals surface area (Å²) in [5.41, 5.74) is 11.0. The van der Waals surface area contributed by atoms with E-state index in [0.717, 1.165) is 6.54 Å². The number of nitrogens with zero attached hydrogens (tertiary/aromatic N) is 1. The second-order valence-electron chi connectivity index (χ2n) is 4.69. The highest BCUT2D eigenvalue weighted by Crippen LogP contribution is 2.34. The Morgan fingerprint density at radius 2 is 1.75 bits per heavy atom. The Morgan fingerprint density at radius 1 is 1.05 bits per heavy atom. The standard InChI is InChI=1S/C17H22N2S/c1-4-19(15-9-6-5-8-13(15)2)16-10-7-11-17(20-3)14(16)12-18/h5-11H,4,12,18H2,1-3H3. The molecule has 0 fully saturated rings. The van der Waals surface area contributed by atoms with Crippen LogP contribution >= 0.6 is 11.8 Å². The van der Waals surface area contributed by atoms with E-state index in [0.29, 0.717) is 6.54 Å². The second kappa shape index (κ2) is 6.82. The topological polar surface area (TPSA) is 29.3 Å². The molecule has 3 heteroatoms. The van der Waals surface area contributed by atoms with Gasteiger partial charge in [0.05, 0.1) is 0 Å². The van der Waals surface area contributed by atoms with Crippen molar-refractivity contribution in [2.75, 3.05) is 17.7 Å². The van der Waals surface area contributed by atoms with Crippen molar-refractivity contribution in [1.29, 1.82) is 0 Å². The third-order valence-corrected chi connectivity index (χ3v) is 4.37. The van der Waals surface area contributed by atoms with Crippen molar-refractivity contribution < 1.29 is 0 Å². The average Bonchev–Trinajstić information content (AvgIpc) is 2.49. The third-order valence-electron chi connectivity index (χ3n) is 3.55. The Kier molecular flexibility index (Phi) is 5.10. The molecule has 0 spiro atoms. The monoisotopic (exact) mass is 286 g/mol. The molecule has 0 bridgehead atoms. The van der Waals surface area contributed by atoms with Gasteiger partial charge in [-0.15, -0.1) is 11.8 Å². The van der Waals surface area contributed by atoms with Gasteiger partial charge in [-0.3, -0.25) is 0 Å². The molecule has 0 aliphatic carbocycles. The molecule has 2 aromatic carbocycles. The lowest BCUT2D eigenvalue weighted by Gasteiger charge is -2.28. The highest BCUT2D eigenvalue weighted by molar-refractivity contribution is 7.98. The van der Waals surface area contributed by atoms with E-state index in [1.54, 1.807) is 11.8 Å². The smallest absolute Gasteiger partial charge is 0.0467 e. The van der Waals surface area contributed by atoms with Gasteiger partial charge in [0.15, 0.2) is 0 Å². The van der Waals surface area contributed by atoms with E-state index in [1.165, 1.54) is 27.4 Å². The van der Waals surface area contributed by atoms with Gasteiger partial charge in [-0.05, 0) is 43.9 Å². The van der Waals surface area contributed by atoms with Gasteiger partial charge in [-0.1, -0.05) is 24.3 Å². The van der Waals surface area contributed by atoms with Crippen LogP contribution in [0.15, 0.2) is 47.4 Å². The number of thioether (sulfide) groups is 1. The molecule has 0 aliphatic rings. The van der Waals surface area contributed by atoms with Gasteiger partial charge < -0.3 is 10.6 Å². The minimum atomic E-state index is 0.564. The molecule has 0 radical (unpaired) electrons. The van der Waals surface area contributed by atoms with E-state index in [-0.39, 0.29) is 0 Å². The quantitative estimate of drug-likeness (QED) is 0.829. The SMILES string of the molecule is CCN(c1ccccc1C)c1cccc(SC)c1CN. The number of rotatable bonds is 5. The van der Waals surface area contributed by atoms with Crippen molar-refractivity contribution in [3.05, 3.63) is 53.6 Å². The first-order chi connectivity index (χ1) is 9.72. The summed E-state index contributed by atoms with van der Waals surface area (Å²) in [4.78, 5) is 3.61. The number of nitrogens with two attached hydrogens (primary N) is 1. The molecule has 0 unspecified atom stereocenters. The zero-order valence-corrected chi connectivity index (χ0v) is 13.2. The molecule has 0 amide bonds. The average molecular weight is 286 g/mol. The highest BCUT2D eigenvalue weighted by Gasteiger charge is 2.14. The first kappa shape index (κ1) is 14.9. The van der Waals surface area contributed by atoms with Crippen LogP contribution in [-0.2, 0) is 6.54 Å². The molecule has 2 nitrogen and oxygen atoms in total. The van der Waals surface area contributed by atoms with Gasteiger partial charge in [0, 0.05) is 34.9 Å². The molecular formula is C17H22N2S. The summed E-state index contributed by atoms with van der Waals surface area (Å²) in [6, 6.07) is 14.9.